The largest absolute Gasteiger partial charge is 2.00 e. The minimum atomic E-state index is -3.92. The zero-order chi connectivity index (χ0) is 9.00. The van der Waals surface area contributed by atoms with Crippen molar-refractivity contribution in [3.8, 4) is 0 Å². The topological polar surface area (TPSA) is 184 Å². The Kier molecular flexibility index (Phi) is 23.6. The van der Waals surface area contributed by atoms with Crippen molar-refractivity contribution < 1.29 is 47.0 Å². The molecule has 0 aromatic carbocycles. The Labute approximate surface area is 92.0 Å². The average Bonchev–Trinajstić information content (AvgIpc) is 1.12. The Morgan fingerprint density at radius 3 is 0.769 bits per heavy atom. The van der Waals surface area contributed by atoms with E-state index >= 15 is 0 Å². The predicted octanol–water partition coefficient (Wildman–Crippen LogP) is -1.36. The van der Waals surface area contributed by atoms with Crippen LogP contribution in [0.3, 0.4) is 0 Å². The van der Waals surface area contributed by atoms with Crippen LogP contribution < -0.4 is 12.3 Å². The van der Waals surface area contributed by atoms with Gasteiger partial charge in [0.2, 0.25) is 0 Å². The van der Waals surface area contributed by atoms with E-state index in [1.807, 2.05) is 0 Å². The molecule has 13 heavy (non-hydrogen) atoms. The first-order valence-corrected chi connectivity index (χ1v) is 5.45. The van der Waals surface area contributed by atoms with E-state index in [9.17, 15) is 0 Å². The van der Waals surface area contributed by atoms with Gasteiger partial charge in [-0.05, 0) is 0 Å². The number of rotatable bonds is 0. The van der Waals surface area contributed by atoms with Crippen LogP contribution >= 0.6 is 0 Å². The van der Waals surface area contributed by atoms with Gasteiger partial charge in [-0.25, -0.2) is 16.8 Å². The molecule has 0 aromatic heterocycles. The van der Waals surface area contributed by atoms with Gasteiger partial charge in [0.15, 0.2) is 0 Å². The van der Waals surface area contributed by atoms with Gasteiger partial charge in [0.05, 0.1) is 20.2 Å². The molecule has 0 aromatic rings. The van der Waals surface area contributed by atoms with Crippen molar-refractivity contribution in [3.05, 3.63) is 0 Å². The second-order valence-corrected chi connectivity index (χ2v) is 4.22. The SMILES string of the molecule is CS(=O)(=O)[O-].CS(=O)(=O)[O-].N.N.[Pt+2]. The third kappa shape index (κ3) is 7370. The molecule has 0 bridgehead atoms. The Hall–Kier alpha value is 0.428. The smallest absolute Gasteiger partial charge is 0.748 e. The molecule has 0 aliphatic heterocycles. The molecule has 0 aliphatic rings. The predicted molar refractivity (Wildman–Crippen MR) is 41.3 cm³/mol. The van der Waals surface area contributed by atoms with Crippen LogP contribution in [0.25, 0.3) is 0 Å². The molecule has 0 heterocycles. The van der Waals surface area contributed by atoms with Crippen molar-refractivity contribution >= 4 is 20.2 Å². The standard InChI is InChI=1S/2CH4O3S.2H3N.Pt/c2*1-5(2,3)4;;;/h2*1H3,(H,2,3,4);2*1H3;/q;;;;+2/p-2. The summed E-state index contributed by atoms with van der Waals surface area (Å²) in [4.78, 5) is 0. The van der Waals surface area contributed by atoms with Gasteiger partial charge in [0, 0.05) is 12.5 Å². The third-order valence-electron chi connectivity index (χ3n) is 0. The van der Waals surface area contributed by atoms with Crippen LogP contribution in [0.1, 0.15) is 0 Å². The summed E-state index contributed by atoms with van der Waals surface area (Å²) in [7, 11) is -7.83. The van der Waals surface area contributed by atoms with Crippen molar-refractivity contribution in [1.82, 2.24) is 12.3 Å². The normalized spacial score (nSPS) is 8.92. The molecule has 0 atom stereocenters. The fourth-order valence-corrected chi connectivity index (χ4v) is 0. The van der Waals surface area contributed by atoms with Gasteiger partial charge in [0.25, 0.3) is 0 Å². The van der Waals surface area contributed by atoms with Crippen LogP contribution in [0.2, 0.25) is 0 Å². The van der Waals surface area contributed by atoms with Gasteiger partial charge in [-0.1, -0.05) is 0 Å². The Morgan fingerprint density at radius 1 is 0.769 bits per heavy atom. The summed E-state index contributed by atoms with van der Waals surface area (Å²) in [6.07, 6.45) is 1.21. The maximum Gasteiger partial charge on any atom is 2.00 e. The van der Waals surface area contributed by atoms with E-state index in [4.69, 9.17) is 25.9 Å². The summed E-state index contributed by atoms with van der Waals surface area (Å²) < 4.78 is 54.5. The van der Waals surface area contributed by atoms with Crippen LogP contribution in [0.4, 0.5) is 0 Å². The molecule has 0 radical (unpaired) electrons. The summed E-state index contributed by atoms with van der Waals surface area (Å²) in [6, 6.07) is 0. The van der Waals surface area contributed by atoms with Crippen LogP contribution in [0.5, 0.6) is 0 Å². The molecule has 6 N–H and O–H groups in total. The van der Waals surface area contributed by atoms with Crippen molar-refractivity contribution in [2.75, 3.05) is 12.5 Å². The van der Waals surface area contributed by atoms with E-state index in [0.717, 1.165) is 0 Å². The Balaban J connectivity index is -0.0000000267. The van der Waals surface area contributed by atoms with Gasteiger partial charge >= 0.3 is 21.1 Å². The van der Waals surface area contributed by atoms with E-state index in [1.165, 1.54) is 0 Å². The zero-order valence-electron chi connectivity index (χ0n) is 7.00. The van der Waals surface area contributed by atoms with Crippen LogP contribution in [0.15, 0.2) is 0 Å². The maximum absolute atomic E-state index is 9.08. The molecule has 0 saturated heterocycles. The minimum Gasteiger partial charge on any atom is -0.748 e. The van der Waals surface area contributed by atoms with E-state index in [-0.39, 0.29) is 33.4 Å². The van der Waals surface area contributed by atoms with Crippen molar-refractivity contribution in [3.63, 3.8) is 0 Å². The van der Waals surface area contributed by atoms with E-state index in [1.54, 1.807) is 0 Å². The van der Waals surface area contributed by atoms with Crippen LogP contribution in [0, 0.1) is 0 Å². The molecule has 0 unspecified atom stereocenters. The molecule has 0 amide bonds. The van der Waals surface area contributed by atoms with Gasteiger partial charge < -0.3 is 21.4 Å². The quantitative estimate of drug-likeness (QED) is 0.451. The molecule has 0 rings (SSSR count). The molecular formula is C2H12N2O6PtS2. The minimum absolute atomic E-state index is 0. The fraction of sp³-hybridized carbons (Fsp3) is 1.00. The molecule has 8 nitrogen and oxygen atoms in total. The number of hydrogen-bond donors (Lipinski definition) is 2. The Morgan fingerprint density at radius 2 is 0.769 bits per heavy atom. The van der Waals surface area contributed by atoms with Gasteiger partial charge in [-0.2, -0.15) is 0 Å². The van der Waals surface area contributed by atoms with Crippen molar-refractivity contribution in [2.45, 2.75) is 0 Å². The average molecular weight is 419 g/mol. The monoisotopic (exact) mass is 419 g/mol. The van der Waals surface area contributed by atoms with E-state index in [0.29, 0.717) is 12.5 Å². The molecule has 88 valence electrons. The molecule has 0 spiro atoms. The van der Waals surface area contributed by atoms with Crippen LogP contribution in [-0.2, 0) is 41.3 Å². The molecule has 0 aliphatic carbocycles. The summed E-state index contributed by atoms with van der Waals surface area (Å²) >= 11 is 0. The van der Waals surface area contributed by atoms with Crippen molar-refractivity contribution in [2.24, 2.45) is 0 Å². The third-order valence-corrected chi connectivity index (χ3v) is 0. The number of hydrogen-bond acceptors (Lipinski definition) is 8. The zero-order valence-corrected chi connectivity index (χ0v) is 10.9. The summed E-state index contributed by atoms with van der Waals surface area (Å²) in [5.74, 6) is 0. The Bertz CT molecular complexity index is 223. The first kappa shape index (κ1) is 29.2. The molecule has 0 saturated carbocycles. The summed E-state index contributed by atoms with van der Waals surface area (Å²) in [6.45, 7) is 0. The first-order chi connectivity index (χ1) is 4.00. The van der Waals surface area contributed by atoms with Gasteiger partial charge in [-0.15, -0.1) is 0 Å². The van der Waals surface area contributed by atoms with Crippen molar-refractivity contribution in [1.29, 1.82) is 0 Å². The maximum atomic E-state index is 9.08. The fourth-order valence-electron chi connectivity index (χ4n) is 0. The van der Waals surface area contributed by atoms with Gasteiger partial charge in [-0.3, -0.25) is 0 Å². The molecule has 0 fully saturated rings. The summed E-state index contributed by atoms with van der Waals surface area (Å²) in [5, 5.41) is 0. The second kappa shape index (κ2) is 10.5. The van der Waals surface area contributed by atoms with E-state index in [2.05, 4.69) is 0 Å². The van der Waals surface area contributed by atoms with Gasteiger partial charge in [0.1, 0.15) is 0 Å². The molecule has 11 heteroatoms. The second-order valence-electron chi connectivity index (χ2n) is 1.41. The first-order valence-electron chi connectivity index (χ1n) is 1.82. The van der Waals surface area contributed by atoms with Crippen LogP contribution in [-0.4, -0.2) is 38.5 Å². The summed E-state index contributed by atoms with van der Waals surface area (Å²) in [5.41, 5.74) is 0. The van der Waals surface area contributed by atoms with E-state index < -0.39 is 20.2 Å². The molecular weight excluding hydrogens is 407 g/mol.